The van der Waals surface area contributed by atoms with Crippen molar-refractivity contribution in [3.63, 3.8) is 0 Å². The summed E-state index contributed by atoms with van der Waals surface area (Å²) >= 11 is 1.65. The zero-order valence-electron chi connectivity index (χ0n) is 9.26. The number of nitrogen functional groups attached to an aromatic ring is 1. The number of hydrogen-bond acceptors (Lipinski definition) is 3. The number of nitrogens with zero attached hydrogens (tertiary/aromatic N) is 1. The van der Waals surface area contributed by atoms with Crippen LogP contribution in [0.2, 0.25) is 0 Å². The Labute approximate surface area is 105 Å². The number of thioether (sulfide) groups is 1. The van der Waals surface area contributed by atoms with Gasteiger partial charge >= 0.3 is 0 Å². The minimum absolute atomic E-state index is 0.731. The number of benzene rings is 2. The maximum absolute atomic E-state index is 8.99. The standard InChI is InChI=1S/C14H12N2S/c15-9-11-5-1-2-6-12(11)10-17-14-8-4-3-7-13(14)16/h1-8H,10,16H2. The van der Waals surface area contributed by atoms with Gasteiger partial charge in [-0.3, -0.25) is 0 Å². The van der Waals surface area contributed by atoms with Crippen LogP contribution >= 0.6 is 11.8 Å². The molecular weight excluding hydrogens is 228 g/mol. The number of hydrogen-bond donors (Lipinski definition) is 1. The molecule has 2 aromatic carbocycles. The molecule has 3 heteroatoms. The Hall–Kier alpha value is -1.92. The van der Waals surface area contributed by atoms with Gasteiger partial charge in [-0.15, -0.1) is 11.8 Å². The summed E-state index contributed by atoms with van der Waals surface area (Å²) in [6.45, 7) is 0. The monoisotopic (exact) mass is 240 g/mol. The second kappa shape index (κ2) is 5.42. The molecule has 0 aliphatic rings. The van der Waals surface area contributed by atoms with Gasteiger partial charge in [-0.05, 0) is 23.8 Å². The van der Waals surface area contributed by atoms with Crippen LogP contribution in [-0.4, -0.2) is 0 Å². The second-order valence-electron chi connectivity index (χ2n) is 3.60. The molecule has 0 aliphatic carbocycles. The highest BCUT2D eigenvalue weighted by Crippen LogP contribution is 2.28. The third-order valence-corrected chi connectivity index (χ3v) is 3.58. The van der Waals surface area contributed by atoms with Crippen LogP contribution in [0.3, 0.4) is 0 Å². The highest BCUT2D eigenvalue weighted by atomic mass is 32.2. The highest BCUT2D eigenvalue weighted by molar-refractivity contribution is 7.98. The molecule has 0 aromatic heterocycles. The first kappa shape index (κ1) is 11.6. The molecule has 0 bridgehead atoms. The van der Waals surface area contributed by atoms with Gasteiger partial charge < -0.3 is 5.73 Å². The lowest BCUT2D eigenvalue weighted by Gasteiger charge is -2.06. The first-order chi connectivity index (χ1) is 8.31. The molecule has 2 N–H and O–H groups in total. The summed E-state index contributed by atoms with van der Waals surface area (Å²) in [4.78, 5) is 1.06. The molecule has 0 saturated carbocycles. The minimum atomic E-state index is 0.731. The van der Waals surface area contributed by atoms with E-state index in [1.165, 1.54) is 0 Å². The Kier molecular flexibility index (Phi) is 3.69. The number of para-hydroxylation sites is 1. The van der Waals surface area contributed by atoms with Crippen molar-refractivity contribution < 1.29 is 0 Å². The highest BCUT2D eigenvalue weighted by Gasteiger charge is 2.03. The molecule has 0 saturated heterocycles. The van der Waals surface area contributed by atoms with Crippen LogP contribution in [0.5, 0.6) is 0 Å². The van der Waals surface area contributed by atoms with E-state index in [0.29, 0.717) is 0 Å². The van der Waals surface area contributed by atoms with Crippen molar-refractivity contribution in [1.29, 1.82) is 5.26 Å². The van der Waals surface area contributed by atoms with E-state index in [4.69, 9.17) is 11.0 Å². The van der Waals surface area contributed by atoms with Crippen molar-refractivity contribution in [2.75, 3.05) is 5.73 Å². The maximum atomic E-state index is 8.99. The summed E-state index contributed by atoms with van der Waals surface area (Å²) in [5.41, 5.74) is 8.43. The molecule has 2 nitrogen and oxygen atoms in total. The van der Waals surface area contributed by atoms with Gasteiger partial charge in [-0.25, -0.2) is 0 Å². The van der Waals surface area contributed by atoms with E-state index in [1.807, 2.05) is 48.5 Å². The molecule has 2 aromatic rings. The van der Waals surface area contributed by atoms with Crippen LogP contribution in [0.25, 0.3) is 0 Å². The zero-order chi connectivity index (χ0) is 12.1. The van der Waals surface area contributed by atoms with Crippen LogP contribution in [0.1, 0.15) is 11.1 Å². The normalized spacial score (nSPS) is 9.82. The molecule has 0 fully saturated rings. The van der Waals surface area contributed by atoms with E-state index in [0.717, 1.165) is 27.5 Å². The van der Waals surface area contributed by atoms with Crippen LogP contribution < -0.4 is 5.73 Å². The second-order valence-corrected chi connectivity index (χ2v) is 4.61. The summed E-state index contributed by atoms with van der Waals surface area (Å²) in [6, 6.07) is 17.6. The van der Waals surface area contributed by atoms with Crippen LogP contribution in [0, 0.1) is 11.3 Å². The molecule has 0 atom stereocenters. The number of nitriles is 1. The fraction of sp³-hybridized carbons (Fsp3) is 0.0714. The number of rotatable bonds is 3. The Balaban J connectivity index is 2.13. The van der Waals surface area contributed by atoms with Crippen LogP contribution in [0.4, 0.5) is 5.69 Å². The lowest BCUT2D eigenvalue weighted by Crippen LogP contribution is -1.90. The van der Waals surface area contributed by atoms with Gasteiger partial charge in [0.05, 0.1) is 11.6 Å². The fourth-order valence-corrected chi connectivity index (χ4v) is 2.49. The van der Waals surface area contributed by atoms with Crippen molar-refractivity contribution in [2.45, 2.75) is 10.6 Å². The van der Waals surface area contributed by atoms with Crippen molar-refractivity contribution in [3.05, 3.63) is 59.7 Å². The van der Waals surface area contributed by atoms with E-state index in [2.05, 4.69) is 6.07 Å². The Bertz CT molecular complexity index is 558. The summed E-state index contributed by atoms with van der Waals surface area (Å²) in [6.07, 6.45) is 0. The van der Waals surface area contributed by atoms with E-state index in [1.54, 1.807) is 11.8 Å². The smallest absolute Gasteiger partial charge is 0.0994 e. The average Bonchev–Trinajstić information content (AvgIpc) is 2.38. The molecule has 0 radical (unpaired) electrons. The van der Waals surface area contributed by atoms with Gasteiger partial charge in [-0.1, -0.05) is 30.3 Å². The van der Waals surface area contributed by atoms with Gasteiger partial charge in [0, 0.05) is 16.3 Å². The predicted molar refractivity (Wildman–Crippen MR) is 71.6 cm³/mol. The molecule has 0 amide bonds. The Morgan fingerprint density at radius 1 is 1.06 bits per heavy atom. The number of nitrogens with two attached hydrogens (primary N) is 1. The van der Waals surface area contributed by atoms with E-state index < -0.39 is 0 Å². The lowest BCUT2D eigenvalue weighted by molar-refractivity contribution is 1.34. The fourth-order valence-electron chi connectivity index (χ4n) is 1.52. The summed E-state index contributed by atoms with van der Waals surface area (Å²) in [5, 5.41) is 8.99. The van der Waals surface area contributed by atoms with Gasteiger partial charge in [0.2, 0.25) is 0 Å². The van der Waals surface area contributed by atoms with Crippen LogP contribution in [-0.2, 0) is 5.75 Å². The third-order valence-electron chi connectivity index (χ3n) is 2.44. The van der Waals surface area contributed by atoms with Gasteiger partial charge in [0.1, 0.15) is 0 Å². The summed E-state index contributed by atoms with van der Waals surface area (Å²) in [5.74, 6) is 0.762. The summed E-state index contributed by atoms with van der Waals surface area (Å²) < 4.78 is 0. The molecule has 2 rings (SSSR count). The van der Waals surface area contributed by atoms with Crippen molar-refractivity contribution in [3.8, 4) is 6.07 Å². The van der Waals surface area contributed by atoms with E-state index in [-0.39, 0.29) is 0 Å². The Morgan fingerprint density at radius 3 is 2.53 bits per heavy atom. The molecule has 0 aliphatic heterocycles. The lowest BCUT2D eigenvalue weighted by atomic mass is 10.1. The quantitative estimate of drug-likeness (QED) is 0.660. The predicted octanol–water partition coefficient (Wildman–Crippen LogP) is 3.43. The third kappa shape index (κ3) is 2.80. The molecule has 84 valence electrons. The molecule has 0 unspecified atom stereocenters. The minimum Gasteiger partial charge on any atom is -0.398 e. The molecule has 0 heterocycles. The molecular formula is C14H12N2S. The Morgan fingerprint density at radius 2 is 1.76 bits per heavy atom. The average molecular weight is 240 g/mol. The largest absolute Gasteiger partial charge is 0.398 e. The van der Waals surface area contributed by atoms with Gasteiger partial charge in [0.25, 0.3) is 0 Å². The zero-order valence-corrected chi connectivity index (χ0v) is 10.1. The van der Waals surface area contributed by atoms with Gasteiger partial charge in [0.15, 0.2) is 0 Å². The maximum Gasteiger partial charge on any atom is 0.0994 e. The molecule has 0 spiro atoms. The first-order valence-corrected chi connectivity index (χ1v) is 6.25. The topological polar surface area (TPSA) is 49.8 Å². The van der Waals surface area contributed by atoms with E-state index in [9.17, 15) is 0 Å². The van der Waals surface area contributed by atoms with Crippen LogP contribution in [0.15, 0.2) is 53.4 Å². The van der Waals surface area contributed by atoms with Crippen molar-refractivity contribution in [2.24, 2.45) is 0 Å². The molecule has 17 heavy (non-hydrogen) atoms. The first-order valence-electron chi connectivity index (χ1n) is 5.26. The van der Waals surface area contributed by atoms with Gasteiger partial charge in [-0.2, -0.15) is 5.26 Å². The van der Waals surface area contributed by atoms with Crippen molar-refractivity contribution in [1.82, 2.24) is 0 Å². The SMILES string of the molecule is N#Cc1ccccc1CSc1ccccc1N. The number of anilines is 1. The van der Waals surface area contributed by atoms with Crippen molar-refractivity contribution >= 4 is 17.4 Å². The summed E-state index contributed by atoms with van der Waals surface area (Å²) in [7, 11) is 0. The van der Waals surface area contributed by atoms with E-state index >= 15 is 0 Å².